The van der Waals surface area contributed by atoms with Crippen molar-refractivity contribution in [3.8, 4) is 33.4 Å². The van der Waals surface area contributed by atoms with Crippen molar-refractivity contribution in [2.45, 2.75) is 73.5 Å². The molecule has 0 N–H and O–H groups in total. The maximum atomic E-state index is 2.69. The molecule has 6 aromatic rings. The Bertz CT molecular complexity index is 2320. The van der Waals surface area contributed by atoms with Crippen LogP contribution in [0.2, 0.25) is 0 Å². The standard InChI is InChI=1S/2C20H21.C12H9Si.Zr/c2*1-3-8-15-13-17-10-7-12-19(20(17)14-15)18-11-6-5-9-16(18)4-2;1-3-7-11-9(5-1)10-6-2-4-8-12(10)13-11;/h2*5-7,9-14H,3-4,8H2,1-2H3;1-7H,13H2;. The fourth-order valence-corrected chi connectivity index (χ4v) is 24.2. The zero-order valence-electron chi connectivity index (χ0n) is 32.4. The summed E-state index contributed by atoms with van der Waals surface area (Å²) in [7, 11) is -0.600. The van der Waals surface area contributed by atoms with E-state index in [2.05, 4.69) is 167 Å². The Hall–Kier alpha value is -4.10. The number of fused-ring (bicyclic) bond motifs is 5. The summed E-state index contributed by atoms with van der Waals surface area (Å²) in [5.41, 5.74) is 21.3. The number of benzene rings is 6. The number of hydrogen-bond donors (Lipinski definition) is 0. The minimum absolute atomic E-state index is 0.503. The van der Waals surface area contributed by atoms with Crippen LogP contribution in [0.25, 0.3) is 45.5 Å². The number of allylic oxidation sites excluding steroid dienone is 2. The van der Waals surface area contributed by atoms with Crippen molar-refractivity contribution in [1.82, 2.24) is 0 Å². The third kappa shape index (κ3) is 5.97. The first kappa shape index (κ1) is 35.6. The van der Waals surface area contributed by atoms with Crippen molar-refractivity contribution in [1.29, 1.82) is 0 Å². The zero-order chi connectivity index (χ0) is 36.8. The summed E-state index contributed by atoms with van der Waals surface area (Å²) in [6.45, 7) is 9.40. The van der Waals surface area contributed by atoms with Gasteiger partial charge in [0.2, 0.25) is 0 Å². The molecule has 0 amide bonds. The molecule has 3 aliphatic rings. The van der Waals surface area contributed by atoms with Crippen molar-refractivity contribution in [3.63, 3.8) is 0 Å². The van der Waals surface area contributed by atoms with Crippen LogP contribution in [0.15, 0.2) is 139 Å². The fraction of sp³-hybridized carbons (Fsp3) is 0.231. The molecule has 1 aliphatic heterocycles. The molecule has 0 radical (unpaired) electrons. The summed E-state index contributed by atoms with van der Waals surface area (Å²) in [6, 6.07) is 49.9. The van der Waals surface area contributed by atoms with Crippen LogP contribution in [0.3, 0.4) is 0 Å². The van der Waals surface area contributed by atoms with Gasteiger partial charge < -0.3 is 0 Å². The molecule has 267 valence electrons. The normalized spacial score (nSPS) is 16.8. The molecule has 54 heavy (non-hydrogen) atoms. The molecule has 2 aliphatic carbocycles. The average molecular weight is 795 g/mol. The summed E-state index contributed by atoms with van der Waals surface area (Å²) in [4.78, 5) is 0. The van der Waals surface area contributed by atoms with Gasteiger partial charge >= 0.3 is 336 Å². The Kier molecular flexibility index (Phi) is 10.0. The van der Waals surface area contributed by atoms with Crippen LogP contribution in [-0.2, 0) is 34.6 Å². The molecular weight excluding hydrogens is 744 g/mol. The average Bonchev–Trinajstić information content (AvgIpc) is 3.90. The first-order valence-electron chi connectivity index (χ1n) is 20.6. The second kappa shape index (κ2) is 15.2. The molecule has 9 rings (SSSR count). The van der Waals surface area contributed by atoms with Crippen LogP contribution in [0.4, 0.5) is 0 Å². The van der Waals surface area contributed by atoms with Gasteiger partial charge in [-0.3, -0.25) is 0 Å². The van der Waals surface area contributed by atoms with E-state index < -0.39 is 31.3 Å². The Morgan fingerprint density at radius 2 is 0.926 bits per heavy atom. The molecule has 1 heterocycles. The number of aryl methyl sites for hydroxylation is 2. The molecule has 0 bridgehead atoms. The van der Waals surface area contributed by atoms with Gasteiger partial charge in [0.25, 0.3) is 0 Å². The monoisotopic (exact) mass is 793 g/mol. The first-order valence-corrected chi connectivity index (χ1v) is 26.0. The van der Waals surface area contributed by atoms with Crippen LogP contribution < -0.4 is 13.6 Å². The Morgan fingerprint density at radius 1 is 0.463 bits per heavy atom. The van der Waals surface area contributed by atoms with Crippen LogP contribution in [0.1, 0.15) is 94.0 Å². The topological polar surface area (TPSA) is 0 Å². The Morgan fingerprint density at radius 3 is 1.46 bits per heavy atom. The van der Waals surface area contributed by atoms with E-state index in [0.717, 1.165) is 12.8 Å². The predicted octanol–water partition coefficient (Wildman–Crippen LogP) is 11.4. The van der Waals surface area contributed by atoms with E-state index in [1.54, 1.807) is 41.5 Å². The fourth-order valence-electron chi connectivity index (χ4n) is 10.2. The molecule has 0 nitrogen and oxygen atoms in total. The first-order chi connectivity index (χ1) is 26.6. The van der Waals surface area contributed by atoms with E-state index in [1.807, 2.05) is 0 Å². The Balaban J connectivity index is 1.31. The third-order valence-corrected chi connectivity index (χ3v) is 24.6. The molecule has 2 unspecified atom stereocenters. The van der Waals surface area contributed by atoms with E-state index in [4.69, 9.17) is 0 Å². The van der Waals surface area contributed by atoms with Crippen LogP contribution in [0, 0.1) is 0 Å². The van der Waals surface area contributed by atoms with Gasteiger partial charge in [0.1, 0.15) is 0 Å². The summed E-state index contributed by atoms with van der Waals surface area (Å²) >= 11 is -2.81. The second-order valence-electron chi connectivity index (χ2n) is 15.6. The molecular formula is C52H51SiZr. The maximum absolute atomic E-state index is 2.81. The van der Waals surface area contributed by atoms with E-state index >= 15 is 0 Å². The SMILES string of the molecule is CCCC1=Cc2c(-c3ccccc3CC)cccc2[CH]1[Zr]([c]1cccc2c1[SiH2]c1ccccc1-2)[CH]1C(CCC)=Cc2c(-c3ccccc3CC)cccc21. The van der Waals surface area contributed by atoms with Crippen molar-refractivity contribution in [2.75, 3.05) is 0 Å². The van der Waals surface area contributed by atoms with Gasteiger partial charge in [-0.2, -0.15) is 0 Å². The van der Waals surface area contributed by atoms with Gasteiger partial charge in [-0.05, 0) is 0 Å². The summed E-state index contributed by atoms with van der Waals surface area (Å²) in [5.74, 6) is 0. The minimum atomic E-state index is -2.81. The molecule has 0 fully saturated rings. The molecule has 0 aromatic heterocycles. The van der Waals surface area contributed by atoms with Gasteiger partial charge in [-0.25, -0.2) is 0 Å². The summed E-state index contributed by atoms with van der Waals surface area (Å²) in [6.07, 6.45) is 12.2. The molecule has 6 aromatic carbocycles. The molecule has 0 saturated carbocycles. The van der Waals surface area contributed by atoms with Crippen molar-refractivity contribution >= 4 is 35.3 Å². The van der Waals surface area contributed by atoms with Crippen molar-refractivity contribution < 1.29 is 21.8 Å². The van der Waals surface area contributed by atoms with E-state index in [9.17, 15) is 0 Å². The molecule has 0 spiro atoms. The molecule has 2 heteroatoms. The quantitative estimate of drug-likeness (QED) is 0.114. The van der Waals surface area contributed by atoms with Gasteiger partial charge in [0.05, 0.1) is 0 Å². The van der Waals surface area contributed by atoms with Crippen molar-refractivity contribution in [3.05, 3.63) is 172 Å². The van der Waals surface area contributed by atoms with Gasteiger partial charge in [-0.15, -0.1) is 0 Å². The predicted molar refractivity (Wildman–Crippen MR) is 233 cm³/mol. The van der Waals surface area contributed by atoms with Gasteiger partial charge in [-0.1, -0.05) is 0 Å². The number of rotatable bonds is 11. The number of hydrogen-bond acceptors (Lipinski definition) is 0. The van der Waals surface area contributed by atoms with Gasteiger partial charge in [0.15, 0.2) is 0 Å². The zero-order valence-corrected chi connectivity index (χ0v) is 36.3. The third-order valence-electron chi connectivity index (χ3n) is 12.5. The van der Waals surface area contributed by atoms with Gasteiger partial charge in [0, 0.05) is 0 Å². The summed E-state index contributed by atoms with van der Waals surface area (Å²) in [5, 5.41) is 3.40. The van der Waals surface area contributed by atoms with Crippen LogP contribution in [-0.4, -0.2) is 9.52 Å². The van der Waals surface area contributed by atoms with E-state index in [-0.39, 0.29) is 0 Å². The van der Waals surface area contributed by atoms with E-state index in [0.29, 0.717) is 7.25 Å². The second-order valence-corrected chi connectivity index (χ2v) is 23.8. The van der Waals surface area contributed by atoms with Crippen LogP contribution in [0.5, 0.6) is 0 Å². The van der Waals surface area contributed by atoms with Crippen LogP contribution >= 0.6 is 0 Å². The summed E-state index contributed by atoms with van der Waals surface area (Å²) < 4.78 is 2.81. The molecule has 2 atom stereocenters. The van der Waals surface area contributed by atoms with E-state index in [1.165, 1.54) is 75.8 Å². The molecule has 0 saturated heterocycles. The van der Waals surface area contributed by atoms with Crippen molar-refractivity contribution in [2.24, 2.45) is 0 Å². The Labute approximate surface area is 333 Å².